The van der Waals surface area contributed by atoms with E-state index in [4.69, 9.17) is 21.0 Å². The van der Waals surface area contributed by atoms with Crippen LogP contribution in [0.3, 0.4) is 0 Å². The first kappa shape index (κ1) is 25.2. The lowest BCUT2D eigenvalue weighted by atomic mass is 9.98. The highest BCUT2D eigenvalue weighted by Gasteiger charge is 2.58. The van der Waals surface area contributed by atoms with Crippen LogP contribution in [0.15, 0.2) is 23.2 Å². The summed E-state index contributed by atoms with van der Waals surface area (Å²) < 4.78 is 36.2. The molecular weight excluding hydrogens is 494 g/mol. The van der Waals surface area contributed by atoms with Crippen LogP contribution in [0.1, 0.15) is 5.69 Å². The second kappa shape index (κ2) is 10.5. The molecule has 1 aliphatic rings. The summed E-state index contributed by atoms with van der Waals surface area (Å²) in [6, 6.07) is -3.52. The molecule has 1 fully saturated rings. The number of β-lactam (4-membered cyclic amide) rings is 1. The zero-order chi connectivity index (χ0) is 24.1. The van der Waals surface area contributed by atoms with Gasteiger partial charge in [0.1, 0.15) is 24.2 Å². The maximum absolute atomic E-state index is 12.8. The summed E-state index contributed by atoms with van der Waals surface area (Å²) in [6.45, 7) is 3.32. The Morgan fingerprint density at radius 1 is 1.47 bits per heavy atom. The van der Waals surface area contributed by atoms with Crippen molar-refractivity contribution in [3.05, 3.63) is 23.7 Å². The van der Waals surface area contributed by atoms with Crippen LogP contribution in [0.2, 0.25) is 0 Å². The molecule has 2 rings (SSSR count). The number of amides is 3. The van der Waals surface area contributed by atoms with Gasteiger partial charge in [0.15, 0.2) is 16.9 Å². The third-order valence-corrected chi connectivity index (χ3v) is 5.61. The number of nitrogens with zero attached hydrogens (tertiary/aromatic N) is 3. The van der Waals surface area contributed by atoms with Crippen molar-refractivity contribution in [3.8, 4) is 0 Å². The summed E-state index contributed by atoms with van der Waals surface area (Å²) in [4.78, 5) is 57.1. The van der Waals surface area contributed by atoms with Crippen molar-refractivity contribution >= 4 is 67.8 Å². The molecule has 17 heteroatoms. The number of thiazole rings is 1. The van der Waals surface area contributed by atoms with E-state index in [1.807, 2.05) is 0 Å². The van der Waals surface area contributed by atoms with Crippen molar-refractivity contribution in [3.63, 3.8) is 0 Å². The van der Waals surface area contributed by atoms with Crippen LogP contribution < -0.4 is 10.6 Å². The first-order valence-corrected chi connectivity index (χ1v) is 11.2. The molecule has 0 aliphatic carbocycles. The summed E-state index contributed by atoms with van der Waals surface area (Å²) >= 11 is 6.34. The van der Waals surface area contributed by atoms with Crippen LogP contribution >= 0.6 is 22.9 Å². The summed E-state index contributed by atoms with van der Waals surface area (Å²) in [7, 11) is -4.16. The van der Waals surface area contributed by atoms with Gasteiger partial charge < -0.3 is 20.2 Å². The van der Waals surface area contributed by atoms with Crippen LogP contribution in [0.4, 0.5) is 5.13 Å². The normalized spacial score (nSPS) is 18.4. The number of carbonyl (C=O) groups is 4. The second-order valence-electron chi connectivity index (χ2n) is 5.78. The largest absolute Gasteiger partial charge is 0.467 e. The summed E-state index contributed by atoms with van der Waals surface area (Å²) in [5.74, 6) is -4.44. The Labute approximate surface area is 190 Å². The molecule has 0 spiro atoms. The molecule has 0 bridgehead atoms. The van der Waals surface area contributed by atoms with Gasteiger partial charge in [0.25, 0.3) is 11.8 Å². The molecule has 32 heavy (non-hydrogen) atoms. The van der Waals surface area contributed by atoms with Crippen LogP contribution in [0.25, 0.3) is 0 Å². The second-order valence-corrected chi connectivity index (χ2v) is 8.19. The van der Waals surface area contributed by atoms with Gasteiger partial charge in [0.05, 0.1) is 7.11 Å². The molecule has 2 atom stereocenters. The number of ether oxygens (including phenoxy) is 1. The van der Waals surface area contributed by atoms with Crippen LogP contribution in [0.5, 0.6) is 0 Å². The highest BCUT2D eigenvalue weighted by molar-refractivity contribution is 7.84. The first-order chi connectivity index (χ1) is 15.0. The van der Waals surface area contributed by atoms with Crippen molar-refractivity contribution in [2.45, 2.75) is 12.1 Å². The van der Waals surface area contributed by atoms with Crippen molar-refractivity contribution in [1.29, 1.82) is 0 Å². The number of carbonyl (C=O) groups excluding carboxylic acids is 4. The van der Waals surface area contributed by atoms with Crippen molar-refractivity contribution in [1.82, 2.24) is 14.6 Å². The number of esters is 1. The molecule has 0 saturated carbocycles. The van der Waals surface area contributed by atoms with E-state index in [0.717, 1.165) is 18.4 Å². The number of alkyl halides is 1. The highest BCUT2D eigenvalue weighted by atomic mass is 35.5. The summed E-state index contributed by atoms with van der Waals surface area (Å²) in [6.07, 6.45) is 1.33. The molecule has 2 heterocycles. The van der Waals surface area contributed by atoms with E-state index in [0.29, 0.717) is 0 Å². The average Bonchev–Trinajstić information content (AvgIpc) is 3.19. The zero-order valence-electron chi connectivity index (χ0n) is 16.2. The summed E-state index contributed by atoms with van der Waals surface area (Å²) in [5.41, 5.74) is -0.536. The molecular formula is C15H16ClN5O9S2. The minimum absolute atomic E-state index is 0.0746. The SMILES string of the molecule is C=CCON=C(C(=O)NC1C(=O)N(S(=O)(=O)O)C1C(=O)OC)c1csc(NC(=O)CCl)n1. The van der Waals surface area contributed by atoms with Gasteiger partial charge in [0.2, 0.25) is 5.91 Å². The van der Waals surface area contributed by atoms with E-state index >= 15 is 0 Å². The van der Waals surface area contributed by atoms with E-state index in [2.05, 4.69) is 32.1 Å². The van der Waals surface area contributed by atoms with Crippen molar-refractivity contribution in [2.75, 3.05) is 24.9 Å². The van der Waals surface area contributed by atoms with Gasteiger partial charge in [-0.15, -0.1) is 22.9 Å². The third kappa shape index (κ3) is 5.58. The highest BCUT2D eigenvalue weighted by Crippen LogP contribution is 2.25. The van der Waals surface area contributed by atoms with Gasteiger partial charge in [-0.3, -0.25) is 18.9 Å². The number of aromatic nitrogens is 1. The molecule has 3 amide bonds. The van der Waals surface area contributed by atoms with E-state index in [1.54, 1.807) is 0 Å². The van der Waals surface area contributed by atoms with Crippen LogP contribution in [-0.4, -0.2) is 83.3 Å². The fraction of sp³-hybridized carbons (Fsp3) is 0.333. The van der Waals surface area contributed by atoms with E-state index < -0.39 is 51.8 Å². The number of oxime groups is 1. The predicted molar refractivity (Wildman–Crippen MR) is 110 cm³/mol. The van der Waals surface area contributed by atoms with Gasteiger partial charge in [-0.25, -0.2) is 9.78 Å². The van der Waals surface area contributed by atoms with E-state index in [9.17, 15) is 27.6 Å². The minimum atomic E-state index is -5.09. The molecule has 0 radical (unpaired) electrons. The lowest BCUT2D eigenvalue weighted by molar-refractivity contribution is -0.162. The monoisotopic (exact) mass is 509 g/mol. The smallest absolute Gasteiger partial charge is 0.363 e. The zero-order valence-corrected chi connectivity index (χ0v) is 18.6. The Balaban J connectivity index is 2.29. The quantitative estimate of drug-likeness (QED) is 0.0509. The Morgan fingerprint density at radius 2 is 2.16 bits per heavy atom. The number of halogens is 1. The molecule has 2 unspecified atom stereocenters. The number of methoxy groups -OCH3 is 1. The standard InChI is InChI=1S/C15H16ClN5O9S2/c1-3-4-30-20-9(7-6-31-15(17-7)18-8(22)5-16)12(23)19-10-11(14(25)29-2)21(13(10)24)32(26,27)28/h3,6,10-11H,1,4-5H2,2H3,(H,19,23)(H,17,18,22)(H,26,27,28). The Bertz CT molecular complexity index is 1070. The number of nitrogens with one attached hydrogen (secondary N) is 2. The minimum Gasteiger partial charge on any atom is -0.467 e. The summed E-state index contributed by atoms with van der Waals surface area (Å²) in [5, 5.41) is 9.55. The van der Waals surface area contributed by atoms with Gasteiger partial charge in [-0.1, -0.05) is 17.8 Å². The van der Waals surface area contributed by atoms with Crippen LogP contribution in [0, 0.1) is 0 Å². The van der Waals surface area contributed by atoms with Crippen molar-refractivity contribution < 1.29 is 41.7 Å². The number of rotatable bonds is 10. The van der Waals surface area contributed by atoms with Crippen LogP contribution in [-0.2, 0) is 39.1 Å². The molecule has 0 aromatic carbocycles. The van der Waals surface area contributed by atoms with E-state index in [-0.39, 0.29) is 27.6 Å². The topological polar surface area (TPSA) is 194 Å². The molecule has 3 N–H and O–H groups in total. The average molecular weight is 510 g/mol. The van der Waals surface area contributed by atoms with Gasteiger partial charge in [-0.2, -0.15) is 12.7 Å². The molecule has 1 saturated heterocycles. The molecule has 1 aromatic heterocycles. The fourth-order valence-electron chi connectivity index (χ4n) is 2.37. The maximum atomic E-state index is 12.8. The lowest BCUT2D eigenvalue weighted by Gasteiger charge is -2.41. The number of hydrogen-bond donors (Lipinski definition) is 3. The molecule has 174 valence electrons. The Kier molecular flexibility index (Phi) is 8.25. The van der Waals surface area contributed by atoms with Gasteiger partial charge in [0, 0.05) is 5.38 Å². The Morgan fingerprint density at radius 3 is 2.72 bits per heavy atom. The molecule has 1 aromatic rings. The Hall–Kier alpha value is -3.08. The van der Waals surface area contributed by atoms with Gasteiger partial charge >= 0.3 is 16.3 Å². The maximum Gasteiger partial charge on any atom is 0.363 e. The van der Waals surface area contributed by atoms with Gasteiger partial charge in [-0.05, 0) is 0 Å². The van der Waals surface area contributed by atoms with Crippen molar-refractivity contribution in [2.24, 2.45) is 5.16 Å². The number of anilines is 1. The number of hydrogen-bond acceptors (Lipinski definition) is 11. The lowest BCUT2D eigenvalue weighted by Crippen LogP contribution is -2.74. The molecule has 14 nitrogen and oxygen atoms in total. The predicted octanol–water partition coefficient (Wildman–Crippen LogP) is -1.10. The van der Waals surface area contributed by atoms with E-state index in [1.165, 1.54) is 11.5 Å². The molecule has 1 aliphatic heterocycles. The first-order valence-electron chi connectivity index (χ1n) is 8.37. The fourth-order valence-corrected chi connectivity index (χ4v) is 3.99. The third-order valence-electron chi connectivity index (χ3n) is 3.71.